The van der Waals surface area contributed by atoms with Crippen molar-refractivity contribution < 1.29 is 18.7 Å². The van der Waals surface area contributed by atoms with Crippen LogP contribution in [0.2, 0.25) is 0 Å². The fraction of sp³-hybridized carbons (Fsp3) is 0.565. The van der Waals surface area contributed by atoms with Crippen LogP contribution in [0.4, 0.5) is 4.39 Å². The molecule has 0 unspecified atom stereocenters. The molecule has 1 aromatic carbocycles. The number of halogens is 1. The Hall–Kier alpha value is -1.99. The Morgan fingerprint density at radius 2 is 1.80 bits per heavy atom. The van der Waals surface area contributed by atoms with Gasteiger partial charge in [-0.3, -0.25) is 20.4 Å². The van der Waals surface area contributed by atoms with E-state index in [1.165, 1.54) is 43.8 Å². The molecular formula is C23H27FN2O3S. The molecule has 5 nitrogen and oxygen atoms in total. The summed E-state index contributed by atoms with van der Waals surface area (Å²) in [6.07, 6.45) is 7.92. The number of carbonyl (C=O) groups excluding carboxylic acids is 2. The highest BCUT2D eigenvalue weighted by molar-refractivity contribution is 7.21. The molecular weight excluding hydrogens is 403 g/mol. The summed E-state index contributed by atoms with van der Waals surface area (Å²) >= 11 is 1.21. The van der Waals surface area contributed by atoms with Crippen LogP contribution < -0.4 is 10.9 Å². The molecule has 0 spiro atoms. The van der Waals surface area contributed by atoms with Crippen molar-refractivity contribution in [1.82, 2.24) is 10.9 Å². The van der Waals surface area contributed by atoms with E-state index in [-0.39, 0.29) is 23.7 Å². The van der Waals surface area contributed by atoms with E-state index in [4.69, 9.17) is 4.74 Å². The zero-order valence-corrected chi connectivity index (χ0v) is 17.9. The van der Waals surface area contributed by atoms with Crippen LogP contribution in [0.5, 0.6) is 0 Å². The van der Waals surface area contributed by atoms with Gasteiger partial charge in [0, 0.05) is 29.2 Å². The minimum atomic E-state index is -0.429. The lowest BCUT2D eigenvalue weighted by molar-refractivity contribution is -0.130. The zero-order valence-electron chi connectivity index (χ0n) is 17.1. The van der Waals surface area contributed by atoms with Crippen molar-refractivity contribution in [3.05, 3.63) is 34.5 Å². The molecule has 2 amide bonds. The highest BCUT2D eigenvalue weighted by Gasteiger charge is 2.51. The van der Waals surface area contributed by atoms with E-state index in [1.807, 2.05) is 0 Å². The fourth-order valence-electron chi connectivity index (χ4n) is 6.71. The van der Waals surface area contributed by atoms with Gasteiger partial charge in [-0.15, -0.1) is 11.3 Å². The third-order valence-electron chi connectivity index (χ3n) is 7.27. The average Bonchev–Trinajstić information content (AvgIpc) is 3.05. The number of nitrogens with one attached hydrogen (secondary N) is 2. The van der Waals surface area contributed by atoms with Crippen molar-refractivity contribution in [3.8, 4) is 0 Å². The molecule has 4 bridgehead atoms. The van der Waals surface area contributed by atoms with Crippen molar-refractivity contribution in [2.75, 3.05) is 7.11 Å². The SMILES string of the molecule is COCc1c(C(=O)NNC(=O)CC23CC4CC(CC(C4)C2)C3)sc2cccc(F)c12. The number of amides is 2. The van der Waals surface area contributed by atoms with E-state index in [1.54, 1.807) is 12.1 Å². The van der Waals surface area contributed by atoms with Gasteiger partial charge in [-0.05, 0) is 73.8 Å². The summed E-state index contributed by atoms with van der Waals surface area (Å²) in [4.78, 5) is 25.9. The summed E-state index contributed by atoms with van der Waals surface area (Å²) in [7, 11) is 1.51. The van der Waals surface area contributed by atoms with E-state index in [2.05, 4.69) is 10.9 Å². The van der Waals surface area contributed by atoms with Crippen molar-refractivity contribution in [2.45, 2.75) is 51.6 Å². The van der Waals surface area contributed by atoms with Gasteiger partial charge in [0.2, 0.25) is 5.91 Å². The predicted octanol–water partition coefficient (Wildman–Crippen LogP) is 4.55. The summed E-state index contributed by atoms with van der Waals surface area (Å²) in [6.45, 7) is 0.130. The first-order valence-corrected chi connectivity index (χ1v) is 11.6. The molecule has 0 atom stereocenters. The number of hydrazine groups is 1. The van der Waals surface area contributed by atoms with Gasteiger partial charge in [0.15, 0.2) is 0 Å². The highest BCUT2D eigenvalue weighted by Crippen LogP contribution is 2.61. The van der Waals surface area contributed by atoms with Crippen LogP contribution in [0.3, 0.4) is 0 Å². The zero-order chi connectivity index (χ0) is 20.9. The molecule has 2 N–H and O–H groups in total. The molecule has 0 aliphatic heterocycles. The number of ether oxygens (including phenoxy) is 1. The van der Waals surface area contributed by atoms with E-state index in [9.17, 15) is 14.0 Å². The first-order valence-electron chi connectivity index (χ1n) is 10.7. The maximum Gasteiger partial charge on any atom is 0.280 e. The van der Waals surface area contributed by atoms with E-state index >= 15 is 0 Å². The number of hydrogen-bond acceptors (Lipinski definition) is 4. The van der Waals surface area contributed by atoms with Crippen molar-refractivity contribution in [1.29, 1.82) is 0 Å². The quantitative estimate of drug-likeness (QED) is 0.684. The fourth-order valence-corrected chi connectivity index (χ4v) is 7.82. The molecule has 4 fully saturated rings. The number of fused-ring (bicyclic) bond motifs is 1. The van der Waals surface area contributed by atoms with Gasteiger partial charge >= 0.3 is 0 Å². The Morgan fingerprint density at radius 3 is 2.43 bits per heavy atom. The molecule has 1 aromatic heterocycles. The molecule has 160 valence electrons. The van der Waals surface area contributed by atoms with Crippen molar-refractivity contribution in [2.24, 2.45) is 23.2 Å². The number of carbonyl (C=O) groups is 2. The van der Waals surface area contributed by atoms with Gasteiger partial charge in [0.25, 0.3) is 5.91 Å². The van der Waals surface area contributed by atoms with Crippen LogP contribution >= 0.6 is 11.3 Å². The van der Waals surface area contributed by atoms with Gasteiger partial charge in [-0.1, -0.05) is 6.07 Å². The summed E-state index contributed by atoms with van der Waals surface area (Å²) in [5, 5.41) is 0.411. The Labute approximate surface area is 179 Å². The largest absolute Gasteiger partial charge is 0.380 e. The molecule has 30 heavy (non-hydrogen) atoms. The number of thiophene rings is 1. The van der Waals surface area contributed by atoms with Gasteiger partial charge in [0.1, 0.15) is 10.7 Å². The van der Waals surface area contributed by atoms with E-state index in [0.717, 1.165) is 37.0 Å². The minimum Gasteiger partial charge on any atom is -0.380 e. The summed E-state index contributed by atoms with van der Waals surface area (Å²) < 4.78 is 20.2. The van der Waals surface area contributed by atoms with Crippen molar-refractivity contribution >= 4 is 33.2 Å². The van der Waals surface area contributed by atoms with Crippen LogP contribution in [0, 0.1) is 29.0 Å². The monoisotopic (exact) mass is 430 g/mol. The first kappa shape index (κ1) is 19.9. The second-order valence-electron chi connectivity index (χ2n) is 9.55. The molecule has 4 aliphatic rings. The van der Waals surface area contributed by atoms with Crippen LogP contribution in [-0.4, -0.2) is 18.9 Å². The number of hydrogen-bond donors (Lipinski definition) is 2. The highest BCUT2D eigenvalue weighted by atomic mass is 32.1. The molecule has 2 aromatic rings. The number of rotatable bonds is 5. The molecule has 4 saturated carbocycles. The van der Waals surface area contributed by atoms with E-state index in [0.29, 0.717) is 26.9 Å². The minimum absolute atomic E-state index is 0.117. The Kier molecular flexibility index (Phi) is 5.06. The lowest BCUT2D eigenvalue weighted by atomic mass is 9.49. The Morgan fingerprint density at radius 1 is 1.13 bits per heavy atom. The third kappa shape index (κ3) is 3.52. The van der Waals surface area contributed by atoms with Crippen LogP contribution in [-0.2, 0) is 16.1 Å². The van der Waals surface area contributed by atoms with Crippen LogP contribution in [0.25, 0.3) is 10.1 Å². The van der Waals surface area contributed by atoms with Gasteiger partial charge < -0.3 is 4.74 Å². The maximum atomic E-state index is 14.3. The Balaban J connectivity index is 1.27. The van der Waals surface area contributed by atoms with Crippen molar-refractivity contribution in [3.63, 3.8) is 0 Å². The summed E-state index contributed by atoms with van der Waals surface area (Å²) in [5.41, 5.74) is 5.81. The number of benzene rings is 1. The molecule has 0 saturated heterocycles. The van der Waals surface area contributed by atoms with E-state index < -0.39 is 5.91 Å². The van der Waals surface area contributed by atoms with Gasteiger partial charge in [-0.2, -0.15) is 0 Å². The molecule has 4 aliphatic carbocycles. The number of methoxy groups -OCH3 is 1. The molecule has 7 heteroatoms. The summed E-state index contributed by atoms with van der Waals surface area (Å²) in [5.74, 6) is 1.41. The normalized spacial score (nSPS) is 29.3. The molecule has 6 rings (SSSR count). The predicted molar refractivity (Wildman–Crippen MR) is 113 cm³/mol. The van der Waals surface area contributed by atoms with Crippen LogP contribution in [0.1, 0.15) is 60.2 Å². The smallest absolute Gasteiger partial charge is 0.280 e. The van der Waals surface area contributed by atoms with Gasteiger partial charge in [0.05, 0.1) is 6.61 Å². The standard InChI is InChI=1S/C23H27FN2O3S/c1-29-12-16-20-17(24)3-2-4-18(20)30-21(16)22(28)26-25-19(27)11-23-8-13-5-14(9-23)7-15(6-13)10-23/h2-4,13-15H,5-12H2,1H3,(H,25,27)(H,26,28). The maximum absolute atomic E-state index is 14.3. The topological polar surface area (TPSA) is 67.4 Å². The third-order valence-corrected chi connectivity index (χ3v) is 8.47. The lowest BCUT2D eigenvalue weighted by Crippen LogP contribution is -2.50. The second-order valence-corrected chi connectivity index (χ2v) is 10.6. The van der Waals surface area contributed by atoms with Gasteiger partial charge in [-0.25, -0.2) is 4.39 Å². The lowest BCUT2D eigenvalue weighted by Gasteiger charge is -2.56. The summed E-state index contributed by atoms with van der Waals surface area (Å²) in [6, 6.07) is 4.79. The molecule has 0 radical (unpaired) electrons. The second kappa shape index (κ2) is 7.61. The molecule has 1 heterocycles. The average molecular weight is 431 g/mol. The Bertz CT molecular complexity index is 966. The van der Waals surface area contributed by atoms with Crippen LogP contribution in [0.15, 0.2) is 18.2 Å². The first-order chi connectivity index (χ1) is 14.5.